The molecule has 1 aliphatic heterocycles. The predicted octanol–water partition coefficient (Wildman–Crippen LogP) is 1.91. The van der Waals surface area contributed by atoms with E-state index in [0.29, 0.717) is 0 Å². The lowest BCUT2D eigenvalue weighted by molar-refractivity contribution is 0.208. The first-order chi connectivity index (χ1) is 11.1. The maximum Gasteiger partial charge on any atom is 0.297 e. The van der Waals surface area contributed by atoms with Gasteiger partial charge >= 0.3 is 0 Å². The molecule has 122 valence electrons. The number of benzene rings is 1. The first kappa shape index (κ1) is 16.0. The SMILES string of the molecule is Cn1c(Cl)nnc(N[C@@H]2CCCN(Cc3ccccc3)C2)c1=O. The third-order valence-electron chi connectivity index (χ3n) is 4.11. The second-order valence-electron chi connectivity index (χ2n) is 5.89. The van der Waals surface area contributed by atoms with Crippen LogP contribution in [0, 0.1) is 0 Å². The molecule has 0 bridgehead atoms. The minimum atomic E-state index is -0.245. The monoisotopic (exact) mass is 333 g/mol. The predicted molar refractivity (Wildman–Crippen MR) is 90.6 cm³/mol. The molecule has 1 N–H and O–H groups in total. The Hall–Kier alpha value is -1.92. The second-order valence-corrected chi connectivity index (χ2v) is 6.22. The summed E-state index contributed by atoms with van der Waals surface area (Å²) in [6, 6.07) is 10.6. The maximum absolute atomic E-state index is 12.1. The Kier molecular flexibility index (Phi) is 4.93. The van der Waals surface area contributed by atoms with E-state index in [-0.39, 0.29) is 22.7 Å². The lowest BCUT2D eigenvalue weighted by Crippen LogP contribution is -2.43. The number of anilines is 1. The van der Waals surface area contributed by atoms with Gasteiger partial charge in [-0.3, -0.25) is 14.3 Å². The van der Waals surface area contributed by atoms with E-state index >= 15 is 0 Å². The first-order valence-electron chi connectivity index (χ1n) is 7.75. The van der Waals surface area contributed by atoms with Crippen LogP contribution in [-0.4, -0.2) is 38.8 Å². The molecule has 23 heavy (non-hydrogen) atoms. The lowest BCUT2D eigenvalue weighted by atomic mass is 10.0. The van der Waals surface area contributed by atoms with Crippen LogP contribution in [0.3, 0.4) is 0 Å². The van der Waals surface area contributed by atoms with Gasteiger partial charge in [-0.15, -0.1) is 10.2 Å². The highest BCUT2D eigenvalue weighted by Crippen LogP contribution is 2.16. The quantitative estimate of drug-likeness (QED) is 0.926. The van der Waals surface area contributed by atoms with Crippen molar-refractivity contribution in [3.8, 4) is 0 Å². The summed E-state index contributed by atoms with van der Waals surface area (Å²) in [7, 11) is 1.59. The van der Waals surface area contributed by atoms with Crippen molar-refractivity contribution in [3.63, 3.8) is 0 Å². The Morgan fingerprint density at radius 2 is 2.09 bits per heavy atom. The van der Waals surface area contributed by atoms with Gasteiger partial charge in [0, 0.05) is 26.2 Å². The molecule has 2 aromatic rings. The molecule has 0 spiro atoms. The molecule has 1 aromatic heterocycles. The molecular formula is C16H20ClN5O. The lowest BCUT2D eigenvalue weighted by Gasteiger charge is -2.33. The van der Waals surface area contributed by atoms with E-state index in [9.17, 15) is 4.79 Å². The number of aromatic nitrogens is 3. The molecule has 0 unspecified atom stereocenters. The average Bonchev–Trinajstić information content (AvgIpc) is 2.57. The second kappa shape index (κ2) is 7.10. The highest BCUT2D eigenvalue weighted by atomic mass is 35.5. The maximum atomic E-state index is 12.1. The van der Waals surface area contributed by atoms with E-state index in [4.69, 9.17) is 11.6 Å². The van der Waals surface area contributed by atoms with Gasteiger partial charge in [-0.2, -0.15) is 0 Å². The molecule has 6 nitrogen and oxygen atoms in total. The molecule has 1 aliphatic rings. The minimum Gasteiger partial charge on any atom is -0.360 e. The van der Waals surface area contributed by atoms with Crippen LogP contribution in [0.5, 0.6) is 0 Å². The van der Waals surface area contributed by atoms with Gasteiger partial charge in [0.1, 0.15) is 0 Å². The Balaban J connectivity index is 1.65. The third kappa shape index (κ3) is 3.89. The highest BCUT2D eigenvalue weighted by Gasteiger charge is 2.21. The molecule has 2 heterocycles. The fraction of sp³-hybridized carbons (Fsp3) is 0.438. The number of hydrogen-bond acceptors (Lipinski definition) is 5. The minimum absolute atomic E-state index is 0.0925. The van der Waals surface area contributed by atoms with E-state index in [0.717, 1.165) is 32.5 Å². The van der Waals surface area contributed by atoms with E-state index < -0.39 is 0 Å². The molecule has 0 aliphatic carbocycles. The molecule has 3 rings (SSSR count). The van der Waals surface area contributed by atoms with E-state index in [1.165, 1.54) is 10.1 Å². The summed E-state index contributed by atoms with van der Waals surface area (Å²) in [5.74, 6) is 0.267. The van der Waals surface area contributed by atoms with Crippen molar-refractivity contribution >= 4 is 17.4 Å². The summed E-state index contributed by atoms with van der Waals surface area (Å²) in [5, 5.41) is 11.0. The van der Waals surface area contributed by atoms with Crippen molar-refractivity contribution in [2.45, 2.75) is 25.4 Å². The Morgan fingerprint density at radius 1 is 1.30 bits per heavy atom. The number of likely N-dealkylation sites (tertiary alicyclic amines) is 1. The van der Waals surface area contributed by atoms with Gasteiger partial charge in [-0.1, -0.05) is 30.3 Å². The molecule has 0 amide bonds. The molecule has 1 atom stereocenters. The number of piperidine rings is 1. The number of rotatable bonds is 4. The van der Waals surface area contributed by atoms with Crippen LogP contribution in [0.15, 0.2) is 35.1 Å². The Morgan fingerprint density at radius 3 is 2.87 bits per heavy atom. The smallest absolute Gasteiger partial charge is 0.297 e. The van der Waals surface area contributed by atoms with E-state index in [2.05, 4.69) is 44.7 Å². The number of nitrogens with one attached hydrogen (secondary N) is 1. The summed E-state index contributed by atoms with van der Waals surface area (Å²) < 4.78 is 1.29. The summed E-state index contributed by atoms with van der Waals surface area (Å²) in [6.45, 7) is 2.86. The summed E-state index contributed by atoms with van der Waals surface area (Å²) in [6.07, 6.45) is 2.10. The number of nitrogens with zero attached hydrogens (tertiary/aromatic N) is 4. The molecule has 0 radical (unpaired) electrons. The van der Waals surface area contributed by atoms with Crippen molar-refractivity contribution < 1.29 is 0 Å². The fourth-order valence-corrected chi connectivity index (χ4v) is 3.00. The zero-order valence-electron chi connectivity index (χ0n) is 13.1. The Bertz CT molecular complexity index is 718. The van der Waals surface area contributed by atoms with Gasteiger partial charge in [-0.05, 0) is 36.6 Å². The van der Waals surface area contributed by atoms with Crippen molar-refractivity contribution in [2.24, 2.45) is 7.05 Å². The normalized spacial score (nSPS) is 18.8. The van der Waals surface area contributed by atoms with Crippen LogP contribution >= 0.6 is 11.6 Å². The number of hydrogen-bond donors (Lipinski definition) is 1. The summed E-state index contributed by atoms with van der Waals surface area (Å²) >= 11 is 5.80. The van der Waals surface area contributed by atoms with Crippen molar-refractivity contribution in [1.82, 2.24) is 19.7 Å². The fourth-order valence-electron chi connectivity index (χ4n) is 2.89. The Labute approximate surface area is 140 Å². The molecule has 0 saturated carbocycles. The molecule has 1 aromatic carbocycles. The van der Waals surface area contributed by atoms with Crippen LogP contribution in [0.25, 0.3) is 0 Å². The largest absolute Gasteiger partial charge is 0.360 e. The standard InChI is InChI=1S/C16H20ClN5O/c1-21-15(23)14(19-20-16(21)17)18-13-8-5-9-22(11-13)10-12-6-3-2-4-7-12/h2-4,6-7,13H,5,8-11H2,1H3,(H,18,19)/t13-/m1/s1. The summed E-state index contributed by atoms with van der Waals surface area (Å²) in [4.78, 5) is 14.5. The zero-order valence-corrected chi connectivity index (χ0v) is 13.8. The topological polar surface area (TPSA) is 63.1 Å². The molecule has 1 saturated heterocycles. The third-order valence-corrected chi connectivity index (χ3v) is 4.44. The van der Waals surface area contributed by atoms with Crippen molar-refractivity contribution in [2.75, 3.05) is 18.4 Å². The average molecular weight is 334 g/mol. The van der Waals surface area contributed by atoms with Crippen molar-refractivity contribution in [3.05, 3.63) is 51.5 Å². The van der Waals surface area contributed by atoms with Crippen LogP contribution in [0.1, 0.15) is 18.4 Å². The van der Waals surface area contributed by atoms with E-state index in [1.54, 1.807) is 7.05 Å². The first-order valence-corrected chi connectivity index (χ1v) is 8.13. The van der Waals surface area contributed by atoms with Crippen LogP contribution in [0.2, 0.25) is 5.28 Å². The van der Waals surface area contributed by atoms with Gasteiger partial charge in [0.2, 0.25) is 11.1 Å². The highest BCUT2D eigenvalue weighted by molar-refractivity contribution is 6.28. The summed E-state index contributed by atoms with van der Waals surface area (Å²) in [5.41, 5.74) is 1.06. The van der Waals surface area contributed by atoms with Crippen LogP contribution in [-0.2, 0) is 13.6 Å². The molecular weight excluding hydrogens is 314 g/mol. The van der Waals surface area contributed by atoms with Gasteiger partial charge in [-0.25, -0.2) is 0 Å². The zero-order chi connectivity index (χ0) is 16.2. The van der Waals surface area contributed by atoms with Gasteiger partial charge in [0.15, 0.2) is 0 Å². The molecule has 7 heteroatoms. The van der Waals surface area contributed by atoms with Gasteiger partial charge < -0.3 is 5.32 Å². The molecule has 1 fully saturated rings. The van der Waals surface area contributed by atoms with Crippen LogP contribution < -0.4 is 10.9 Å². The number of halogens is 1. The van der Waals surface area contributed by atoms with Crippen molar-refractivity contribution in [1.29, 1.82) is 0 Å². The van der Waals surface area contributed by atoms with Crippen LogP contribution in [0.4, 0.5) is 5.82 Å². The van der Waals surface area contributed by atoms with Gasteiger partial charge in [0.25, 0.3) is 5.56 Å². The van der Waals surface area contributed by atoms with E-state index in [1.807, 2.05) is 6.07 Å². The van der Waals surface area contributed by atoms with Gasteiger partial charge in [0.05, 0.1) is 0 Å².